The van der Waals surface area contributed by atoms with Gasteiger partial charge in [-0.3, -0.25) is 14.6 Å². The van der Waals surface area contributed by atoms with Crippen LogP contribution >= 0.6 is 0 Å². The fraction of sp³-hybridized carbons (Fsp3) is 0.160. The number of amides is 1. The lowest BCUT2D eigenvalue weighted by atomic mass is 9.95. The van der Waals surface area contributed by atoms with Crippen molar-refractivity contribution in [3.8, 4) is 11.5 Å². The van der Waals surface area contributed by atoms with Gasteiger partial charge in [0.25, 0.3) is 11.7 Å². The number of rotatable bonds is 6. The van der Waals surface area contributed by atoms with Crippen LogP contribution in [0.25, 0.3) is 5.76 Å². The number of benzene rings is 2. The van der Waals surface area contributed by atoms with Crippen molar-refractivity contribution in [1.82, 2.24) is 9.88 Å². The first-order chi connectivity index (χ1) is 15.5. The number of nitrogens with zero attached hydrogens (tertiary/aromatic N) is 2. The molecule has 0 bridgehead atoms. The Hall–Kier alpha value is -4.13. The third-order valence-electron chi connectivity index (χ3n) is 5.39. The van der Waals surface area contributed by atoms with Gasteiger partial charge in [-0.2, -0.15) is 0 Å². The third kappa shape index (κ3) is 3.80. The van der Waals surface area contributed by atoms with Crippen molar-refractivity contribution in [1.29, 1.82) is 0 Å². The van der Waals surface area contributed by atoms with Crippen LogP contribution in [-0.2, 0) is 16.1 Å². The molecule has 162 valence electrons. The standard InChI is InChI=1S/C25H22N2O5/c1-31-18-10-11-19(20(13-18)32-2)23(28)21-22(17-8-4-3-5-9-17)27(25(30)24(21)29)15-16-7-6-12-26-14-16/h3-14,22,28H,15H2,1-2H3/t22-/m1/s1. The number of likely N-dealkylation sites (tertiary alicyclic amines) is 1. The Balaban J connectivity index is 1.88. The molecule has 1 aliphatic heterocycles. The Bertz CT molecular complexity index is 1180. The van der Waals surface area contributed by atoms with Crippen molar-refractivity contribution in [3.63, 3.8) is 0 Å². The molecule has 2 aromatic carbocycles. The predicted molar refractivity (Wildman–Crippen MR) is 118 cm³/mol. The molecule has 1 atom stereocenters. The Morgan fingerprint density at radius 3 is 2.47 bits per heavy atom. The summed E-state index contributed by atoms with van der Waals surface area (Å²) >= 11 is 0. The number of ketones is 1. The maximum atomic E-state index is 13.1. The van der Waals surface area contributed by atoms with E-state index in [1.807, 2.05) is 36.4 Å². The van der Waals surface area contributed by atoms with Crippen LogP contribution in [0, 0.1) is 0 Å². The monoisotopic (exact) mass is 430 g/mol. The van der Waals surface area contributed by atoms with Crippen LogP contribution in [0.3, 0.4) is 0 Å². The number of aliphatic hydroxyl groups excluding tert-OH is 1. The number of ether oxygens (including phenoxy) is 2. The van der Waals surface area contributed by atoms with Crippen molar-refractivity contribution in [2.24, 2.45) is 0 Å². The summed E-state index contributed by atoms with van der Waals surface area (Å²) in [7, 11) is 2.98. The molecular formula is C25H22N2O5. The zero-order chi connectivity index (χ0) is 22.7. The maximum Gasteiger partial charge on any atom is 0.295 e. The van der Waals surface area contributed by atoms with E-state index in [0.29, 0.717) is 22.6 Å². The van der Waals surface area contributed by atoms with Crippen molar-refractivity contribution < 1.29 is 24.2 Å². The number of pyridine rings is 1. The van der Waals surface area contributed by atoms with Gasteiger partial charge in [-0.05, 0) is 29.3 Å². The average molecular weight is 430 g/mol. The molecule has 0 radical (unpaired) electrons. The second kappa shape index (κ2) is 8.93. The molecule has 0 saturated carbocycles. The second-order valence-electron chi connectivity index (χ2n) is 7.27. The lowest BCUT2D eigenvalue weighted by Crippen LogP contribution is -2.29. The highest BCUT2D eigenvalue weighted by atomic mass is 16.5. The highest BCUT2D eigenvalue weighted by molar-refractivity contribution is 6.46. The topological polar surface area (TPSA) is 89.0 Å². The van der Waals surface area contributed by atoms with Crippen LogP contribution in [0.1, 0.15) is 22.7 Å². The van der Waals surface area contributed by atoms with Gasteiger partial charge in [0.15, 0.2) is 0 Å². The molecule has 2 heterocycles. The van der Waals surface area contributed by atoms with Gasteiger partial charge >= 0.3 is 0 Å². The first-order valence-electron chi connectivity index (χ1n) is 9.99. The van der Waals surface area contributed by atoms with E-state index in [2.05, 4.69) is 4.98 Å². The van der Waals surface area contributed by atoms with E-state index in [1.54, 1.807) is 36.7 Å². The molecule has 7 heteroatoms. The first kappa shape index (κ1) is 21.1. The Labute approximate surface area is 185 Å². The van der Waals surface area contributed by atoms with Crippen LogP contribution < -0.4 is 9.47 Å². The van der Waals surface area contributed by atoms with E-state index in [-0.39, 0.29) is 17.9 Å². The van der Waals surface area contributed by atoms with E-state index in [9.17, 15) is 14.7 Å². The molecule has 3 aromatic rings. The minimum Gasteiger partial charge on any atom is -0.507 e. The number of Topliss-reactive ketones (excluding diaryl/α,β-unsaturated/α-hetero) is 1. The first-order valence-corrected chi connectivity index (χ1v) is 9.99. The summed E-state index contributed by atoms with van der Waals surface area (Å²) in [6.45, 7) is 0.175. The third-order valence-corrected chi connectivity index (χ3v) is 5.39. The van der Waals surface area contributed by atoms with Gasteiger partial charge in [-0.25, -0.2) is 0 Å². The molecule has 0 unspecified atom stereocenters. The summed E-state index contributed by atoms with van der Waals surface area (Å²) in [5.41, 5.74) is 1.80. The number of carbonyl (C=O) groups excluding carboxylic acids is 2. The van der Waals surface area contributed by atoms with E-state index >= 15 is 0 Å². The van der Waals surface area contributed by atoms with E-state index in [1.165, 1.54) is 19.1 Å². The summed E-state index contributed by atoms with van der Waals surface area (Å²) in [4.78, 5) is 31.7. The predicted octanol–water partition coefficient (Wildman–Crippen LogP) is 3.72. The molecule has 1 fully saturated rings. The number of aliphatic hydroxyl groups is 1. The molecule has 32 heavy (non-hydrogen) atoms. The molecule has 7 nitrogen and oxygen atoms in total. The van der Waals surface area contributed by atoms with Gasteiger partial charge in [0.05, 0.1) is 31.4 Å². The minimum atomic E-state index is -0.761. The Morgan fingerprint density at radius 1 is 1.03 bits per heavy atom. The van der Waals surface area contributed by atoms with Gasteiger partial charge in [0.2, 0.25) is 0 Å². The zero-order valence-electron chi connectivity index (χ0n) is 17.7. The molecule has 4 rings (SSSR count). The van der Waals surface area contributed by atoms with Gasteiger partial charge in [-0.15, -0.1) is 0 Å². The molecule has 1 aliphatic rings. The van der Waals surface area contributed by atoms with E-state index in [4.69, 9.17) is 9.47 Å². The molecule has 1 N–H and O–H groups in total. The number of aromatic nitrogens is 1. The SMILES string of the molecule is COc1ccc(C(O)=C2C(=O)C(=O)N(Cc3cccnc3)[C@@H]2c2ccccc2)c(OC)c1. The van der Waals surface area contributed by atoms with Crippen molar-refractivity contribution in [3.05, 3.63) is 95.3 Å². The Morgan fingerprint density at radius 2 is 1.81 bits per heavy atom. The summed E-state index contributed by atoms with van der Waals surface area (Å²) in [5, 5.41) is 11.2. The summed E-state index contributed by atoms with van der Waals surface area (Å²) in [5.74, 6) is -0.873. The van der Waals surface area contributed by atoms with Crippen molar-refractivity contribution >= 4 is 17.4 Å². The smallest absolute Gasteiger partial charge is 0.295 e. The Kier molecular flexibility index (Phi) is 5.89. The van der Waals surface area contributed by atoms with Gasteiger partial charge in [0, 0.05) is 25.0 Å². The molecule has 1 saturated heterocycles. The molecular weight excluding hydrogens is 408 g/mol. The molecule has 0 spiro atoms. The van der Waals surface area contributed by atoms with Crippen LogP contribution in [0.2, 0.25) is 0 Å². The van der Waals surface area contributed by atoms with E-state index < -0.39 is 17.7 Å². The number of hydrogen-bond acceptors (Lipinski definition) is 6. The van der Waals surface area contributed by atoms with Crippen molar-refractivity contribution in [2.45, 2.75) is 12.6 Å². The average Bonchev–Trinajstić information content (AvgIpc) is 3.09. The number of hydrogen-bond donors (Lipinski definition) is 1. The fourth-order valence-corrected chi connectivity index (χ4v) is 3.85. The van der Waals surface area contributed by atoms with Gasteiger partial charge in [-0.1, -0.05) is 36.4 Å². The summed E-state index contributed by atoms with van der Waals surface area (Å²) < 4.78 is 10.6. The van der Waals surface area contributed by atoms with Crippen LogP contribution in [0.5, 0.6) is 11.5 Å². The maximum absolute atomic E-state index is 13.1. The quantitative estimate of drug-likeness (QED) is 0.364. The number of carbonyl (C=O) groups is 2. The second-order valence-corrected chi connectivity index (χ2v) is 7.27. The minimum absolute atomic E-state index is 0.00792. The largest absolute Gasteiger partial charge is 0.507 e. The highest BCUT2D eigenvalue weighted by Crippen LogP contribution is 2.42. The summed E-state index contributed by atoms with van der Waals surface area (Å²) in [6.07, 6.45) is 3.29. The normalized spacial score (nSPS) is 17.4. The van der Waals surface area contributed by atoms with Gasteiger partial charge in [0.1, 0.15) is 17.3 Å². The molecule has 1 amide bonds. The number of methoxy groups -OCH3 is 2. The lowest BCUT2D eigenvalue weighted by molar-refractivity contribution is -0.140. The van der Waals surface area contributed by atoms with Crippen molar-refractivity contribution in [2.75, 3.05) is 14.2 Å². The van der Waals surface area contributed by atoms with E-state index in [0.717, 1.165) is 5.56 Å². The lowest BCUT2D eigenvalue weighted by Gasteiger charge is -2.25. The van der Waals surface area contributed by atoms with Crippen LogP contribution in [-0.4, -0.2) is 40.9 Å². The fourth-order valence-electron chi connectivity index (χ4n) is 3.85. The van der Waals surface area contributed by atoms with Gasteiger partial charge < -0.3 is 19.5 Å². The zero-order valence-corrected chi connectivity index (χ0v) is 17.7. The molecule has 1 aromatic heterocycles. The summed E-state index contributed by atoms with van der Waals surface area (Å²) in [6, 6.07) is 16.9. The highest BCUT2D eigenvalue weighted by Gasteiger charge is 2.46. The van der Waals surface area contributed by atoms with Crippen LogP contribution in [0.15, 0.2) is 78.6 Å². The molecule has 0 aliphatic carbocycles. The van der Waals surface area contributed by atoms with Crippen LogP contribution in [0.4, 0.5) is 0 Å².